The predicted octanol–water partition coefficient (Wildman–Crippen LogP) is 3.14. The number of phenols is 1. The summed E-state index contributed by atoms with van der Waals surface area (Å²) in [7, 11) is 4.44. The summed E-state index contributed by atoms with van der Waals surface area (Å²) in [5.41, 5.74) is 2.23. The third kappa shape index (κ3) is 3.96. The number of phenolic OH excluding ortho intramolecular Hbond substituents is 1. The maximum Gasteiger partial charge on any atom is 0.311 e. The molecule has 2 aromatic carbocycles. The van der Waals surface area contributed by atoms with E-state index in [0.717, 1.165) is 5.56 Å². The minimum absolute atomic E-state index is 0.110. The average molecular weight is 346 g/mol. The van der Waals surface area contributed by atoms with E-state index in [9.17, 15) is 15.0 Å². The highest BCUT2D eigenvalue weighted by molar-refractivity contribution is 5.77. The number of carboxylic acids is 1. The Bertz CT molecular complexity index is 743. The number of carboxylic acid groups (broad SMARTS) is 1. The summed E-state index contributed by atoms with van der Waals surface area (Å²) in [5, 5.41) is 19.7. The van der Waals surface area contributed by atoms with E-state index in [0.29, 0.717) is 16.9 Å². The standard InChI is InChI=1S/C19H22O6/c1-11-7-13(5-6-15(11)23-2)14(19(21)22)8-12-9-16(24-3)18(20)17(10-12)25-4/h5-7,9-10,14,20H,8H2,1-4H3,(H,21,22). The molecule has 0 radical (unpaired) electrons. The van der Waals surface area contributed by atoms with Gasteiger partial charge in [0.15, 0.2) is 11.5 Å². The van der Waals surface area contributed by atoms with Crippen molar-refractivity contribution in [1.82, 2.24) is 0 Å². The number of aromatic hydroxyl groups is 1. The second kappa shape index (κ2) is 7.79. The summed E-state index contributed by atoms with van der Waals surface area (Å²) in [6.07, 6.45) is 0.230. The molecule has 0 aromatic heterocycles. The largest absolute Gasteiger partial charge is 0.502 e. The zero-order valence-corrected chi connectivity index (χ0v) is 14.7. The number of methoxy groups -OCH3 is 3. The Balaban J connectivity index is 2.40. The molecule has 2 rings (SSSR count). The van der Waals surface area contributed by atoms with E-state index in [1.165, 1.54) is 14.2 Å². The molecule has 0 heterocycles. The number of hydrogen-bond donors (Lipinski definition) is 2. The number of hydrogen-bond acceptors (Lipinski definition) is 5. The summed E-state index contributed by atoms with van der Waals surface area (Å²) < 4.78 is 15.5. The minimum Gasteiger partial charge on any atom is -0.502 e. The van der Waals surface area contributed by atoms with Crippen LogP contribution < -0.4 is 14.2 Å². The van der Waals surface area contributed by atoms with Crippen LogP contribution in [0, 0.1) is 6.92 Å². The number of carbonyl (C=O) groups is 1. The molecule has 25 heavy (non-hydrogen) atoms. The third-order valence-corrected chi connectivity index (χ3v) is 4.10. The monoisotopic (exact) mass is 346 g/mol. The van der Waals surface area contributed by atoms with Crippen LogP contribution in [0.5, 0.6) is 23.0 Å². The first kappa shape index (κ1) is 18.4. The summed E-state index contributed by atoms with van der Waals surface area (Å²) in [4.78, 5) is 11.8. The topological polar surface area (TPSA) is 85.2 Å². The van der Waals surface area contributed by atoms with Crippen molar-refractivity contribution >= 4 is 5.97 Å². The Kier molecular flexibility index (Phi) is 5.75. The van der Waals surface area contributed by atoms with Gasteiger partial charge in [0.2, 0.25) is 5.75 Å². The molecule has 0 aliphatic heterocycles. The fourth-order valence-electron chi connectivity index (χ4n) is 2.77. The molecule has 2 aromatic rings. The van der Waals surface area contributed by atoms with Crippen LogP contribution in [-0.2, 0) is 11.2 Å². The second-order valence-electron chi connectivity index (χ2n) is 5.67. The van der Waals surface area contributed by atoms with Crippen LogP contribution in [0.25, 0.3) is 0 Å². The molecule has 1 unspecified atom stereocenters. The van der Waals surface area contributed by atoms with Gasteiger partial charge in [-0.2, -0.15) is 0 Å². The van der Waals surface area contributed by atoms with Gasteiger partial charge in [0.1, 0.15) is 5.75 Å². The van der Waals surface area contributed by atoms with Crippen molar-refractivity contribution in [2.75, 3.05) is 21.3 Å². The Morgan fingerprint density at radius 2 is 1.56 bits per heavy atom. The molecule has 0 aliphatic carbocycles. The van der Waals surface area contributed by atoms with Gasteiger partial charge in [-0.05, 0) is 48.2 Å². The lowest BCUT2D eigenvalue weighted by atomic mass is 9.90. The van der Waals surface area contributed by atoms with E-state index in [1.54, 1.807) is 31.4 Å². The van der Waals surface area contributed by atoms with E-state index in [2.05, 4.69) is 0 Å². The molecular weight excluding hydrogens is 324 g/mol. The van der Waals surface area contributed by atoms with Gasteiger partial charge in [-0.3, -0.25) is 4.79 Å². The summed E-state index contributed by atoms with van der Waals surface area (Å²) in [6, 6.07) is 8.55. The summed E-state index contributed by atoms with van der Waals surface area (Å²) in [6.45, 7) is 1.87. The number of benzene rings is 2. The molecule has 6 heteroatoms. The highest BCUT2D eigenvalue weighted by Gasteiger charge is 2.23. The van der Waals surface area contributed by atoms with Crippen molar-refractivity contribution < 1.29 is 29.2 Å². The molecule has 0 spiro atoms. The normalized spacial score (nSPS) is 11.7. The first-order valence-corrected chi connectivity index (χ1v) is 7.72. The molecule has 0 fully saturated rings. The Hall–Kier alpha value is -2.89. The third-order valence-electron chi connectivity index (χ3n) is 4.10. The van der Waals surface area contributed by atoms with E-state index >= 15 is 0 Å². The van der Waals surface area contributed by atoms with E-state index in [1.807, 2.05) is 13.0 Å². The lowest BCUT2D eigenvalue weighted by Crippen LogP contribution is -2.15. The van der Waals surface area contributed by atoms with Crippen molar-refractivity contribution in [1.29, 1.82) is 0 Å². The predicted molar refractivity (Wildman–Crippen MR) is 93.0 cm³/mol. The van der Waals surface area contributed by atoms with Crippen LogP contribution in [0.15, 0.2) is 30.3 Å². The zero-order chi connectivity index (χ0) is 18.6. The zero-order valence-electron chi connectivity index (χ0n) is 14.7. The van der Waals surface area contributed by atoms with Gasteiger partial charge in [-0.25, -0.2) is 0 Å². The first-order valence-electron chi connectivity index (χ1n) is 7.72. The Morgan fingerprint density at radius 3 is 2.00 bits per heavy atom. The highest BCUT2D eigenvalue weighted by Crippen LogP contribution is 2.38. The van der Waals surface area contributed by atoms with Crippen LogP contribution in [0.2, 0.25) is 0 Å². The van der Waals surface area contributed by atoms with E-state index in [-0.39, 0.29) is 23.7 Å². The van der Waals surface area contributed by atoms with Crippen molar-refractivity contribution in [2.45, 2.75) is 19.3 Å². The molecular formula is C19H22O6. The molecule has 0 aliphatic rings. The van der Waals surface area contributed by atoms with Gasteiger partial charge in [-0.1, -0.05) is 12.1 Å². The highest BCUT2D eigenvalue weighted by atomic mass is 16.5. The maximum atomic E-state index is 11.8. The minimum atomic E-state index is -0.935. The van der Waals surface area contributed by atoms with Gasteiger partial charge in [0.05, 0.1) is 27.2 Å². The number of ether oxygens (including phenoxy) is 3. The van der Waals surface area contributed by atoms with E-state index in [4.69, 9.17) is 14.2 Å². The van der Waals surface area contributed by atoms with Crippen LogP contribution in [0.1, 0.15) is 22.6 Å². The molecule has 0 saturated heterocycles. The van der Waals surface area contributed by atoms with Crippen molar-refractivity contribution in [3.8, 4) is 23.0 Å². The van der Waals surface area contributed by atoms with E-state index < -0.39 is 11.9 Å². The molecule has 0 amide bonds. The van der Waals surface area contributed by atoms with Crippen LogP contribution in [0.3, 0.4) is 0 Å². The molecule has 0 saturated carbocycles. The fourth-order valence-corrected chi connectivity index (χ4v) is 2.77. The fraction of sp³-hybridized carbons (Fsp3) is 0.316. The molecule has 134 valence electrons. The van der Waals surface area contributed by atoms with Gasteiger partial charge in [-0.15, -0.1) is 0 Å². The van der Waals surface area contributed by atoms with Gasteiger partial charge in [0, 0.05) is 0 Å². The molecule has 6 nitrogen and oxygen atoms in total. The maximum absolute atomic E-state index is 11.8. The summed E-state index contributed by atoms with van der Waals surface area (Å²) >= 11 is 0. The average Bonchev–Trinajstić information content (AvgIpc) is 2.60. The summed E-state index contributed by atoms with van der Waals surface area (Å²) in [5.74, 6) is -0.602. The second-order valence-corrected chi connectivity index (χ2v) is 5.67. The van der Waals surface area contributed by atoms with Crippen LogP contribution in [0.4, 0.5) is 0 Å². The van der Waals surface area contributed by atoms with Crippen molar-refractivity contribution in [3.63, 3.8) is 0 Å². The molecule has 2 N–H and O–H groups in total. The lowest BCUT2D eigenvalue weighted by molar-refractivity contribution is -0.138. The molecule has 1 atom stereocenters. The van der Waals surface area contributed by atoms with Crippen LogP contribution in [-0.4, -0.2) is 37.5 Å². The molecule has 0 bridgehead atoms. The SMILES string of the molecule is COc1ccc(C(Cc2cc(OC)c(O)c(OC)c2)C(=O)O)cc1C. The van der Waals surface area contributed by atoms with Crippen LogP contribution >= 0.6 is 0 Å². The smallest absolute Gasteiger partial charge is 0.311 e. The Labute approximate surface area is 146 Å². The Morgan fingerprint density at radius 1 is 1.00 bits per heavy atom. The van der Waals surface area contributed by atoms with Crippen molar-refractivity contribution in [3.05, 3.63) is 47.0 Å². The van der Waals surface area contributed by atoms with Crippen molar-refractivity contribution in [2.24, 2.45) is 0 Å². The van der Waals surface area contributed by atoms with Gasteiger partial charge < -0.3 is 24.4 Å². The quantitative estimate of drug-likeness (QED) is 0.801. The number of rotatable bonds is 7. The van der Waals surface area contributed by atoms with Gasteiger partial charge >= 0.3 is 5.97 Å². The lowest BCUT2D eigenvalue weighted by Gasteiger charge is -2.17. The first-order chi connectivity index (χ1) is 11.9. The van der Waals surface area contributed by atoms with Gasteiger partial charge in [0.25, 0.3) is 0 Å². The number of aliphatic carboxylic acids is 1. The number of aryl methyl sites for hydroxylation is 1.